The quantitative estimate of drug-likeness (QED) is 0.741. The number of nitrogens with zero attached hydrogens (tertiary/aromatic N) is 1. The summed E-state index contributed by atoms with van der Waals surface area (Å²) in [5.41, 5.74) is 2.51. The molecule has 0 aliphatic carbocycles. The van der Waals surface area contributed by atoms with Crippen molar-refractivity contribution in [3.8, 4) is 0 Å². The van der Waals surface area contributed by atoms with E-state index < -0.39 is 0 Å². The molecule has 1 saturated heterocycles. The lowest BCUT2D eigenvalue weighted by Gasteiger charge is -2.40. The molecule has 4 heteroatoms. The molecule has 0 bridgehead atoms. The molecule has 3 rings (SSSR count). The summed E-state index contributed by atoms with van der Waals surface area (Å²) in [6.07, 6.45) is 2.87. The lowest BCUT2D eigenvalue weighted by molar-refractivity contribution is -0.128. The molecule has 3 atom stereocenters. The van der Waals surface area contributed by atoms with Gasteiger partial charge in [-0.3, -0.25) is 9.69 Å². The fourth-order valence-corrected chi connectivity index (χ4v) is 4.03. The highest BCUT2D eigenvalue weighted by molar-refractivity contribution is 6.30. The predicted octanol–water partition coefficient (Wildman–Crippen LogP) is 5.21. The molecule has 1 aliphatic heterocycles. The number of carbonyl (C=O) groups is 1. The Kier molecular flexibility index (Phi) is 6.92. The van der Waals surface area contributed by atoms with Gasteiger partial charge < -0.3 is 5.32 Å². The zero-order valence-corrected chi connectivity index (χ0v) is 17.0. The SMILES string of the molecule is CC[C@H](C)NC(=O)[C@H]1CC[C@H](c2ccccc2)N(Cc2cccc(Cl)c2)C1. The molecule has 2 aromatic carbocycles. The Hall–Kier alpha value is -1.84. The van der Waals surface area contributed by atoms with E-state index in [2.05, 4.69) is 60.5 Å². The van der Waals surface area contributed by atoms with Crippen LogP contribution >= 0.6 is 11.6 Å². The van der Waals surface area contributed by atoms with Gasteiger partial charge in [-0.25, -0.2) is 0 Å². The van der Waals surface area contributed by atoms with E-state index >= 15 is 0 Å². The van der Waals surface area contributed by atoms with E-state index in [0.717, 1.165) is 37.4 Å². The summed E-state index contributed by atoms with van der Waals surface area (Å²) in [5.74, 6) is 0.227. The molecule has 0 radical (unpaired) electrons. The van der Waals surface area contributed by atoms with Crippen molar-refractivity contribution in [2.75, 3.05) is 6.54 Å². The average Bonchev–Trinajstić information content (AvgIpc) is 2.68. The third-order valence-electron chi connectivity index (χ3n) is 5.52. The number of piperidine rings is 1. The Morgan fingerprint density at radius 2 is 1.96 bits per heavy atom. The number of hydrogen-bond donors (Lipinski definition) is 1. The van der Waals surface area contributed by atoms with Crippen LogP contribution in [-0.4, -0.2) is 23.4 Å². The van der Waals surface area contributed by atoms with E-state index in [1.54, 1.807) is 0 Å². The molecule has 1 fully saturated rings. The van der Waals surface area contributed by atoms with Gasteiger partial charge in [0, 0.05) is 30.2 Å². The lowest BCUT2D eigenvalue weighted by Crippen LogP contribution is -2.46. The van der Waals surface area contributed by atoms with Crippen LogP contribution in [-0.2, 0) is 11.3 Å². The highest BCUT2D eigenvalue weighted by atomic mass is 35.5. The van der Waals surface area contributed by atoms with Crippen LogP contribution in [0.4, 0.5) is 0 Å². The van der Waals surface area contributed by atoms with Crippen LogP contribution in [0.5, 0.6) is 0 Å². The van der Waals surface area contributed by atoms with E-state index in [9.17, 15) is 4.79 Å². The van der Waals surface area contributed by atoms with Gasteiger partial charge in [-0.05, 0) is 49.4 Å². The van der Waals surface area contributed by atoms with E-state index in [1.165, 1.54) is 11.1 Å². The second-order valence-electron chi connectivity index (χ2n) is 7.58. The third-order valence-corrected chi connectivity index (χ3v) is 5.75. The number of hydrogen-bond acceptors (Lipinski definition) is 2. The van der Waals surface area contributed by atoms with Crippen molar-refractivity contribution >= 4 is 17.5 Å². The molecule has 1 heterocycles. The van der Waals surface area contributed by atoms with Crippen molar-refractivity contribution in [3.63, 3.8) is 0 Å². The van der Waals surface area contributed by atoms with Gasteiger partial charge in [0.1, 0.15) is 0 Å². The van der Waals surface area contributed by atoms with Gasteiger partial charge in [-0.15, -0.1) is 0 Å². The Labute approximate surface area is 167 Å². The number of likely N-dealkylation sites (tertiary alicyclic amines) is 1. The number of rotatable bonds is 6. The van der Waals surface area contributed by atoms with Crippen LogP contribution < -0.4 is 5.32 Å². The second kappa shape index (κ2) is 9.38. The topological polar surface area (TPSA) is 32.3 Å². The first-order valence-electron chi connectivity index (χ1n) is 9.90. The van der Waals surface area contributed by atoms with Crippen molar-refractivity contribution in [3.05, 3.63) is 70.7 Å². The number of halogens is 1. The monoisotopic (exact) mass is 384 g/mol. The number of nitrogens with one attached hydrogen (secondary N) is 1. The summed E-state index contributed by atoms with van der Waals surface area (Å²) in [6, 6.07) is 19.2. The Morgan fingerprint density at radius 1 is 1.19 bits per heavy atom. The first-order valence-corrected chi connectivity index (χ1v) is 10.3. The zero-order chi connectivity index (χ0) is 19.2. The summed E-state index contributed by atoms with van der Waals surface area (Å²) >= 11 is 6.19. The summed E-state index contributed by atoms with van der Waals surface area (Å²) in [6.45, 7) is 5.74. The minimum absolute atomic E-state index is 0.0400. The predicted molar refractivity (Wildman–Crippen MR) is 112 cm³/mol. The molecule has 2 aromatic rings. The fourth-order valence-electron chi connectivity index (χ4n) is 3.82. The molecule has 0 aromatic heterocycles. The molecular weight excluding hydrogens is 356 g/mol. The number of carbonyl (C=O) groups excluding carboxylic acids is 1. The molecule has 0 unspecified atom stereocenters. The van der Waals surface area contributed by atoms with Gasteiger partial charge in [0.15, 0.2) is 0 Å². The minimum Gasteiger partial charge on any atom is -0.353 e. The maximum Gasteiger partial charge on any atom is 0.224 e. The molecule has 27 heavy (non-hydrogen) atoms. The number of amides is 1. The molecule has 1 aliphatic rings. The van der Waals surface area contributed by atoms with Crippen molar-refractivity contribution in [2.24, 2.45) is 5.92 Å². The lowest BCUT2D eigenvalue weighted by atomic mass is 9.88. The Bertz CT molecular complexity index is 749. The van der Waals surface area contributed by atoms with Gasteiger partial charge in [0.25, 0.3) is 0 Å². The van der Waals surface area contributed by atoms with Gasteiger partial charge in [0.2, 0.25) is 5.91 Å². The third kappa shape index (κ3) is 5.33. The molecule has 1 amide bonds. The van der Waals surface area contributed by atoms with Gasteiger partial charge in [0.05, 0.1) is 5.92 Å². The first-order chi connectivity index (χ1) is 13.1. The van der Waals surface area contributed by atoms with Crippen LogP contribution in [0.15, 0.2) is 54.6 Å². The minimum atomic E-state index is 0.0400. The summed E-state index contributed by atoms with van der Waals surface area (Å²) in [4.78, 5) is 15.1. The Morgan fingerprint density at radius 3 is 2.67 bits per heavy atom. The highest BCUT2D eigenvalue weighted by Crippen LogP contribution is 2.35. The second-order valence-corrected chi connectivity index (χ2v) is 8.01. The summed E-state index contributed by atoms with van der Waals surface area (Å²) < 4.78 is 0. The normalized spacial score (nSPS) is 21.6. The molecule has 0 saturated carbocycles. The summed E-state index contributed by atoms with van der Waals surface area (Å²) in [7, 11) is 0. The van der Waals surface area contributed by atoms with Crippen molar-refractivity contribution in [2.45, 2.75) is 51.7 Å². The van der Waals surface area contributed by atoms with Crippen molar-refractivity contribution in [1.82, 2.24) is 10.2 Å². The molecule has 0 spiro atoms. The molecular formula is C23H29ClN2O. The fraction of sp³-hybridized carbons (Fsp3) is 0.435. The van der Waals surface area contributed by atoms with Crippen LogP contribution in [0.3, 0.4) is 0 Å². The van der Waals surface area contributed by atoms with Crippen LogP contribution in [0.25, 0.3) is 0 Å². The van der Waals surface area contributed by atoms with Crippen molar-refractivity contribution in [1.29, 1.82) is 0 Å². The summed E-state index contributed by atoms with van der Waals surface area (Å²) in [5, 5.41) is 3.92. The molecule has 144 valence electrons. The van der Waals surface area contributed by atoms with E-state index in [4.69, 9.17) is 11.6 Å². The smallest absolute Gasteiger partial charge is 0.224 e. The van der Waals surface area contributed by atoms with Gasteiger partial charge in [-0.2, -0.15) is 0 Å². The standard InChI is InChI=1S/C23H29ClN2O/c1-3-17(2)25-23(27)20-12-13-22(19-9-5-4-6-10-19)26(16-20)15-18-8-7-11-21(24)14-18/h4-11,14,17,20,22H,3,12-13,15-16H2,1-2H3,(H,25,27)/t17-,20-,22+/m0/s1. The van der Waals surface area contributed by atoms with Crippen molar-refractivity contribution < 1.29 is 4.79 Å². The first kappa shape index (κ1) is 19.9. The van der Waals surface area contributed by atoms with E-state index in [-0.39, 0.29) is 17.9 Å². The maximum absolute atomic E-state index is 12.7. The molecule has 3 nitrogen and oxygen atoms in total. The van der Waals surface area contributed by atoms with E-state index in [0.29, 0.717) is 6.04 Å². The number of benzene rings is 2. The largest absolute Gasteiger partial charge is 0.353 e. The Balaban J connectivity index is 1.78. The average molecular weight is 385 g/mol. The van der Waals surface area contributed by atoms with Gasteiger partial charge >= 0.3 is 0 Å². The maximum atomic E-state index is 12.7. The van der Waals surface area contributed by atoms with Gasteiger partial charge in [-0.1, -0.05) is 61.0 Å². The highest BCUT2D eigenvalue weighted by Gasteiger charge is 2.33. The van der Waals surface area contributed by atoms with Crippen LogP contribution in [0.1, 0.15) is 50.3 Å². The van der Waals surface area contributed by atoms with Crippen LogP contribution in [0, 0.1) is 5.92 Å². The van der Waals surface area contributed by atoms with E-state index in [1.807, 2.05) is 18.2 Å². The molecule has 1 N–H and O–H groups in total. The van der Waals surface area contributed by atoms with Crippen LogP contribution in [0.2, 0.25) is 5.02 Å². The zero-order valence-electron chi connectivity index (χ0n) is 16.2.